The van der Waals surface area contributed by atoms with Crippen molar-refractivity contribution in [2.24, 2.45) is 0 Å². The van der Waals surface area contributed by atoms with Gasteiger partial charge in [0.25, 0.3) is 0 Å². The standard InChI is InChI=1S/C5H11.C4H9O.Ta/c1-3-5-4-2;1-2-3-4-5;/h1,3-5H2,2H3;4-5H,2-3H2,1H3;. The molecule has 0 radical (unpaired) electrons. The summed E-state index contributed by atoms with van der Waals surface area (Å²) in [5.74, 6) is 0. The zero-order valence-corrected chi connectivity index (χ0v) is 10.9. The molecule has 0 aromatic heterocycles. The molecule has 67 valence electrons. The summed E-state index contributed by atoms with van der Waals surface area (Å²) in [5.41, 5.74) is 0. The number of hydrogen-bond donors (Lipinski definition) is 1. The Kier molecular flexibility index (Phi) is 9.35. The van der Waals surface area contributed by atoms with Crippen LogP contribution in [0, 0.1) is 0 Å². The summed E-state index contributed by atoms with van der Waals surface area (Å²) < 4.78 is 1.53. The Labute approximate surface area is 79.9 Å². The first kappa shape index (κ1) is 11.7. The fourth-order valence-corrected chi connectivity index (χ4v) is 5.07. The Morgan fingerprint density at radius 3 is 2.45 bits per heavy atom. The Morgan fingerprint density at radius 1 is 1.18 bits per heavy atom. The summed E-state index contributed by atoms with van der Waals surface area (Å²) in [5, 5.41) is 9.43. The number of aliphatic hydroxyl groups is 1. The van der Waals surface area contributed by atoms with Gasteiger partial charge in [-0.25, -0.2) is 0 Å². The van der Waals surface area contributed by atoms with Crippen LogP contribution in [0.15, 0.2) is 0 Å². The van der Waals surface area contributed by atoms with E-state index in [1.165, 1.54) is 23.9 Å². The average molecular weight is 325 g/mol. The van der Waals surface area contributed by atoms with Crippen molar-refractivity contribution in [3.63, 3.8) is 0 Å². The number of rotatable bonds is 7. The summed E-state index contributed by atoms with van der Waals surface area (Å²) in [6.45, 7) is 4.38. The molecule has 1 N–H and O–H groups in total. The third-order valence-electron chi connectivity index (χ3n) is 1.65. The van der Waals surface area contributed by atoms with E-state index in [2.05, 4.69) is 13.8 Å². The van der Waals surface area contributed by atoms with E-state index in [0.717, 1.165) is 12.8 Å². The molecule has 0 amide bonds. The van der Waals surface area contributed by atoms with Crippen molar-refractivity contribution in [2.75, 3.05) is 0 Å². The van der Waals surface area contributed by atoms with Crippen LogP contribution in [0.25, 0.3) is 0 Å². The maximum atomic E-state index is 9.43. The van der Waals surface area contributed by atoms with Crippen LogP contribution in [-0.4, -0.2) is 9.43 Å². The molecule has 0 bridgehead atoms. The minimum absolute atomic E-state index is 0.150. The van der Waals surface area contributed by atoms with Crippen LogP contribution in [0.3, 0.4) is 0 Å². The fourth-order valence-electron chi connectivity index (χ4n) is 0.952. The van der Waals surface area contributed by atoms with Crippen LogP contribution in [0.4, 0.5) is 0 Å². The summed E-state index contributed by atoms with van der Waals surface area (Å²) >= 11 is -0.484. The number of hydrogen-bond acceptors (Lipinski definition) is 1. The number of aliphatic hydroxyl groups excluding tert-OH is 1. The third-order valence-corrected chi connectivity index (χ3v) is 6.15. The van der Waals surface area contributed by atoms with Crippen molar-refractivity contribution in [3.05, 3.63) is 0 Å². The molecule has 0 aliphatic rings. The molecule has 0 aliphatic carbocycles. The van der Waals surface area contributed by atoms with Gasteiger partial charge in [0.15, 0.2) is 0 Å². The van der Waals surface area contributed by atoms with E-state index in [9.17, 15) is 5.11 Å². The Morgan fingerprint density at radius 2 is 1.91 bits per heavy atom. The van der Waals surface area contributed by atoms with Gasteiger partial charge in [-0.3, -0.25) is 0 Å². The predicted octanol–water partition coefficient (Wildman–Crippen LogP) is 2.80. The van der Waals surface area contributed by atoms with E-state index < -0.39 is 19.8 Å². The molecule has 0 aromatic carbocycles. The van der Waals surface area contributed by atoms with E-state index in [1.807, 2.05) is 0 Å². The van der Waals surface area contributed by atoms with Crippen molar-refractivity contribution in [1.29, 1.82) is 0 Å². The van der Waals surface area contributed by atoms with Gasteiger partial charge in [-0.2, -0.15) is 0 Å². The minimum atomic E-state index is -0.484. The third kappa shape index (κ3) is 8.61. The van der Waals surface area contributed by atoms with Gasteiger partial charge in [0, 0.05) is 0 Å². The van der Waals surface area contributed by atoms with Crippen molar-refractivity contribution < 1.29 is 24.9 Å². The zero-order valence-electron chi connectivity index (χ0n) is 7.71. The Bertz CT molecular complexity index is 76.0. The van der Waals surface area contributed by atoms with E-state index in [-0.39, 0.29) is 4.32 Å². The van der Waals surface area contributed by atoms with Gasteiger partial charge in [0.05, 0.1) is 0 Å². The van der Waals surface area contributed by atoms with Gasteiger partial charge in [0.1, 0.15) is 0 Å². The number of unbranched alkanes of at least 4 members (excludes halogenated alkanes) is 2. The first-order chi connectivity index (χ1) is 5.31. The molecular weight excluding hydrogens is 305 g/mol. The van der Waals surface area contributed by atoms with Crippen LogP contribution in [-0.2, 0) is 19.8 Å². The quantitative estimate of drug-likeness (QED) is 0.714. The van der Waals surface area contributed by atoms with Gasteiger partial charge in [-0.05, 0) is 0 Å². The first-order valence-electron chi connectivity index (χ1n) is 4.66. The second kappa shape index (κ2) is 8.79. The first-order valence-corrected chi connectivity index (χ1v) is 8.78. The molecule has 1 nitrogen and oxygen atoms in total. The molecule has 0 rings (SSSR count). The second-order valence-electron chi connectivity index (χ2n) is 2.88. The molecule has 11 heavy (non-hydrogen) atoms. The molecule has 2 heteroatoms. The van der Waals surface area contributed by atoms with Crippen molar-refractivity contribution >= 4 is 0 Å². The summed E-state index contributed by atoms with van der Waals surface area (Å²) in [6, 6.07) is 0. The van der Waals surface area contributed by atoms with Crippen LogP contribution < -0.4 is 0 Å². The van der Waals surface area contributed by atoms with Crippen LogP contribution in [0.1, 0.15) is 46.0 Å². The maximum absolute atomic E-state index is 9.43. The second-order valence-corrected chi connectivity index (χ2v) is 7.94. The van der Waals surface area contributed by atoms with Gasteiger partial charge < -0.3 is 0 Å². The van der Waals surface area contributed by atoms with E-state index in [4.69, 9.17) is 0 Å². The van der Waals surface area contributed by atoms with Gasteiger partial charge in [-0.1, -0.05) is 0 Å². The summed E-state index contributed by atoms with van der Waals surface area (Å²) in [6.07, 6.45) is 6.25. The fraction of sp³-hybridized carbons (Fsp3) is 1.00. The average Bonchev–Trinajstić information content (AvgIpc) is 1.99. The van der Waals surface area contributed by atoms with Crippen molar-refractivity contribution in [1.82, 2.24) is 0 Å². The van der Waals surface area contributed by atoms with E-state index in [1.54, 1.807) is 0 Å². The van der Waals surface area contributed by atoms with Gasteiger partial charge in [-0.15, -0.1) is 0 Å². The van der Waals surface area contributed by atoms with Crippen molar-refractivity contribution in [3.8, 4) is 0 Å². The van der Waals surface area contributed by atoms with Crippen LogP contribution in [0.2, 0.25) is 4.64 Å². The van der Waals surface area contributed by atoms with Crippen LogP contribution >= 0.6 is 0 Å². The molecule has 0 saturated heterocycles. The monoisotopic (exact) mass is 325 g/mol. The summed E-state index contributed by atoms with van der Waals surface area (Å²) in [7, 11) is 0. The Balaban J connectivity index is 2.97. The SMILES string of the molecule is CCCC[CH2][Ta][CH](O)CCC. The predicted molar refractivity (Wildman–Crippen MR) is 45.2 cm³/mol. The van der Waals surface area contributed by atoms with Crippen LogP contribution in [0.5, 0.6) is 0 Å². The Hall–Kier alpha value is 0.700. The zero-order chi connectivity index (χ0) is 8.53. The normalized spacial score (nSPS) is 13.0. The molecule has 0 saturated carbocycles. The molecule has 0 spiro atoms. The van der Waals surface area contributed by atoms with Gasteiger partial charge in [0.2, 0.25) is 0 Å². The molecule has 1 unspecified atom stereocenters. The molecule has 0 heterocycles. The molecular formula is C9H20OTa. The summed E-state index contributed by atoms with van der Waals surface area (Å²) in [4.78, 5) is 0. The molecule has 0 fully saturated rings. The van der Waals surface area contributed by atoms with Gasteiger partial charge >= 0.3 is 79.8 Å². The topological polar surface area (TPSA) is 20.2 Å². The molecule has 0 aromatic rings. The molecule has 0 aliphatic heterocycles. The van der Waals surface area contributed by atoms with E-state index in [0.29, 0.717) is 0 Å². The van der Waals surface area contributed by atoms with E-state index >= 15 is 0 Å². The molecule has 1 atom stereocenters. The van der Waals surface area contributed by atoms with Crippen molar-refractivity contribution in [2.45, 2.75) is 54.9 Å².